The van der Waals surface area contributed by atoms with Crippen molar-refractivity contribution in [3.8, 4) is 0 Å². The van der Waals surface area contributed by atoms with Gasteiger partial charge in [0.25, 0.3) is 0 Å². The van der Waals surface area contributed by atoms with Crippen LogP contribution in [0.2, 0.25) is 0 Å². The van der Waals surface area contributed by atoms with Gasteiger partial charge in [-0.3, -0.25) is 0 Å². The average molecular weight is 867 g/mol. The van der Waals surface area contributed by atoms with Gasteiger partial charge < -0.3 is 0 Å². The van der Waals surface area contributed by atoms with E-state index in [2.05, 4.69) is 95.6 Å². The first-order chi connectivity index (χ1) is 12.8. The van der Waals surface area contributed by atoms with E-state index in [4.69, 9.17) is 0 Å². The van der Waals surface area contributed by atoms with Crippen LogP contribution in [0.5, 0.6) is 0 Å². The average Bonchev–Trinajstić information content (AvgIpc) is 3.27. The zero-order chi connectivity index (χ0) is 17.1. The summed E-state index contributed by atoms with van der Waals surface area (Å²) in [5.41, 5.74) is 0. The first kappa shape index (κ1) is 19.4. The second-order valence-electron chi connectivity index (χ2n) is 5.88. The topological polar surface area (TPSA) is 0 Å². The zero-order valence-electron chi connectivity index (χ0n) is 13.2. The fraction of sp³-hybridized carbons (Fsp3) is 0.222. The molecular weight excluding hydrogens is 855 g/mol. The Morgan fingerprint density at radius 3 is 1.00 bits per heavy atom. The Hall–Kier alpha value is 2.74. The van der Waals surface area contributed by atoms with Crippen LogP contribution in [-0.2, 0) is 0 Å². The summed E-state index contributed by atoms with van der Waals surface area (Å²) in [4.78, 5) is 0. The van der Waals surface area contributed by atoms with Crippen molar-refractivity contribution in [2.45, 2.75) is 13.2 Å². The minimum absolute atomic E-state index is 0.0118. The van der Waals surface area contributed by atoms with Gasteiger partial charge in [0.05, 0.1) is 0 Å². The van der Waals surface area contributed by atoms with Crippen LogP contribution in [0, 0.1) is 0 Å². The van der Waals surface area contributed by atoms with Gasteiger partial charge in [-0.05, 0) is 0 Å². The van der Waals surface area contributed by atoms with E-state index in [1.807, 2.05) is 0 Å². The molecule has 26 heavy (non-hydrogen) atoms. The summed E-state index contributed by atoms with van der Waals surface area (Å²) in [5.74, 6) is 0. The van der Waals surface area contributed by atoms with Gasteiger partial charge in [-0.2, -0.15) is 0 Å². The predicted molar refractivity (Wildman–Crippen MR) is 127 cm³/mol. The molecule has 4 aliphatic heterocycles. The maximum absolute atomic E-state index is 2.44. The molecule has 0 N–H and O–H groups in total. The van der Waals surface area contributed by atoms with Crippen molar-refractivity contribution in [3.63, 3.8) is 0 Å². The number of hydrogen-bond donors (Lipinski definition) is 0. The normalized spacial score (nSPS) is 32.0. The van der Waals surface area contributed by atoms with Crippen molar-refractivity contribution in [2.75, 3.05) is 0 Å². The molecule has 4 atom stereocenters. The summed E-state index contributed by atoms with van der Waals surface area (Å²) < 4.78 is 14.6. The molecule has 4 aliphatic rings. The number of hydrogen-bond acceptors (Lipinski definition) is 4. The van der Waals surface area contributed by atoms with Gasteiger partial charge >= 0.3 is 215 Å². The molecule has 4 unspecified atom stereocenters. The van der Waals surface area contributed by atoms with E-state index in [1.54, 1.807) is 22.9 Å². The Labute approximate surface area is 211 Å². The third-order valence-electron chi connectivity index (χ3n) is 4.17. The monoisotopic (exact) mass is 876 g/mol. The third-order valence-corrected chi connectivity index (χ3v) is 36.5. The van der Waals surface area contributed by atoms with Crippen molar-refractivity contribution in [2.24, 2.45) is 0 Å². The number of thioether (sulfide) groups is 4. The molecule has 0 amide bonds. The molecule has 0 radical (unpaired) electrons. The molecule has 0 bridgehead atoms. The van der Waals surface area contributed by atoms with Gasteiger partial charge in [-0.25, -0.2) is 0 Å². The SMILES string of the molecule is c1ccc2c(c1)[Te]C1SC(=C3SC4[Te]c5ccccc5[Te]C4S3)SC1[Te]2. The van der Waals surface area contributed by atoms with Crippen LogP contribution in [0.1, 0.15) is 0 Å². The molecule has 2 aromatic carbocycles. The van der Waals surface area contributed by atoms with Crippen molar-refractivity contribution < 1.29 is 0 Å². The summed E-state index contributed by atoms with van der Waals surface area (Å²) in [7, 11) is 0. The van der Waals surface area contributed by atoms with Crippen LogP contribution < -0.4 is 14.4 Å². The first-order valence-corrected chi connectivity index (χ1v) is 21.7. The minimum atomic E-state index is -0.0118. The Bertz CT molecular complexity index is 774. The summed E-state index contributed by atoms with van der Waals surface area (Å²) >= 11 is 9.17. The number of benzene rings is 2. The van der Waals surface area contributed by atoms with Crippen LogP contribution in [0.3, 0.4) is 0 Å². The Kier molecular flexibility index (Phi) is 6.24. The molecule has 8 heteroatoms. The molecule has 0 spiro atoms. The van der Waals surface area contributed by atoms with Crippen LogP contribution in [0.25, 0.3) is 0 Å². The first-order valence-electron chi connectivity index (χ1n) is 8.09. The van der Waals surface area contributed by atoms with Gasteiger partial charge in [0, 0.05) is 0 Å². The third kappa shape index (κ3) is 3.75. The molecular formula is C18H12S4Te4. The summed E-state index contributed by atoms with van der Waals surface area (Å²) in [6.07, 6.45) is 0. The fourth-order valence-corrected chi connectivity index (χ4v) is 37.7. The molecule has 0 saturated carbocycles. The van der Waals surface area contributed by atoms with Crippen LogP contribution >= 0.6 is 47.0 Å². The molecule has 2 saturated heterocycles. The molecule has 0 aromatic heterocycles. The van der Waals surface area contributed by atoms with E-state index in [0.717, 1.165) is 13.2 Å². The molecule has 4 heterocycles. The second kappa shape index (κ2) is 8.35. The van der Waals surface area contributed by atoms with E-state index >= 15 is 0 Å². The van der Waals surface area contributed by atoms with Gasteiger partial charge in [-0.1, -0.05) is 0 Å². The maximum atomic E-state index is 2.44. The summed E-state index contributed by atoms with van der Waals surface area (Å²) in [6.45, 7) is 0. The van der Waals surface area contributed by atoms with E-state index in [0.29, 0.717) is 0 Å². The summed E-state index contributed by atoms with van der Waals surface area (Å²) in [6, 6.07) is 18.8. The van der Waals surface area contributed by atoms with Crippen molar-refractivity contribution >= 4 is 145 Å². The van der Waals surface area contributed by atoms with Gasteiger partial charge in [0.1, 0.15) is 0 Å². The van der Waals surface area contributed by atoms with Crippen LogP contribution in [-0.4, -0.2) is 96.9 Å². The molecule has 132 valence electrons. The Morgan fingerprint density at radius 2 is 0.731 bits per heavy atom. The molecule has 6 rings (SSSR count). The van der Waals surface area contributed by atoms with Crippen molar-refractivity contribution in [1.82, 2.24) is 0 Å². The predicted octanol–water partition coefficient (Wildman–Crippen LogP) is 1.12. The van der Waals surface area contributed by atoms with Gasteiger partial charge in [-0.15, -0.1) is 0 Å². The molecule has 0 nitrogen and oxygen atoms in total. The molecule has 2 fully saturated rings. The second-order valence-corrected chi connectivity index (χ2v) is 28.2. The van der Waals surface area contributed by atoms with Crippen molar-refractivity contribution in [3.05, 3.63) is 57.0 Å². The molecule has 0 aliphatic carbocycles. The van der Waals surface area contributed by atoms with E-state index in [1.165, 1.54) is 0 Å². The van der Waals surface area contributed by atoms with E-state index < -0.39 is 0 Å². The van der Waals surface area contributed by atoms with Crippen molar-refractivity contribution in [1.29, 1.82) is 0 Å². The van der Waals surface area contributed by atoms with Crippen LogP contribution in [0.15, 0.2) is 57.0 Å². The van der Waals surface area contributed by atoms with Gasteiger partial charge in [0.15, 0.2) is 0 Å². The number of fused-ring (bicyclic) bond motifs is 4. The fourth-order valence-electron chi connectivity index (χ4n) is 3.00. The van der Waals surface area contributed by atoms with Crippen LogP contribution in [0.4, 0.5) is 0 Å². The van der Waals surface area contributed by atoms with E-state index in [-0.39, 0.29) is 83.7 Å². The summed E-state index contributed by atoms with van der Waals surface area (Å²) in [5, 5.41) is 0. The quantitative estimate of drug-likeness (QED) is 0.365. The molecule has 2 aromatic rings. The van der Waals surface area contributed by atoms with E-state index in [9.17, 15) is 0 Å². The standard InChI is InChI=1S/C18H12S4Te4/c1-2-6-10-9(5-1)23-15-16(24-10)20-13(19-15)14-21-17-18(22-14)26-12-8-4-3-7-11(12)25-17/h1-8,15-18H. The zero-order valence-corrected chi connectivity index (χ0v) is 25.8. The Morgan fingerprint density at radius 1 is 0.462 bits per heavy atom. The Balaban J connectivity index is 1.23. The van der Waals surface area contributed by atoms with Gasteiger partial charge in [0.2, 0.25) is 0 Å². The number of rotatable bonds is 0.